The van der Waals surface area contributed by atoms with Crippen LogP contribution in [0.4, 0.5) is 11.6 Å². The highest BCUT2D eigenvalue weighted by Gasteiger charge is 2.05. The van der Waals surface area contributed by atoms with E-state index in [2.05, 4.69) is 16.9 Å². The van der Waals surface area contributed by atoms with Crippen molar-refractivity contribution in [3.05, 3.63) is 89.0 Å². The Balaban J connectivity index is 1.53. The molecule has 2 aromatic carbocycles. The predicted octanol–water partition coefficient (Wildman–Crippen LogP) is 4.24. The van der Waals surface area contributed by atoms with Crippen molar-refractivity contribution in [3.8, 4) is 5.75 Å². The number of hydrogen-bond acceptors (Lipinski definition) is 5. The number of aromatic nitrogens is 1. The molecule has 27 heavy (non-hydrogen) atoms. The molecule has 138 valence electrons. The van der Waals surface area contributed by atoms with Gasteiger partial charge in [-0.3, -0.25) is 0 Å². The van der Waals surface area contributed by atoms with Crippen LogP contribution in [0.15, 0.2) is 67.2 Å². The fourth-order valence-corrected chi connectivity index (χ4v) is 2.76. The zero-order valence-corrected chi connectivity index (χ0v) is 15.5. The summed E-state index contributed by atoms with van der Waals surface area (Å²) in [5.74, 6) is 1.54. The molecule has 0 bridgehead atoms. The monoisotopic (exact) mass is 380 g/mol. The molecule has 0 aliphatic carbocycles. The lowest BCUT2D eigenvalue weighted by Gasteiger charge is -2.12. The second kappa shape index (κ2) is 8.47. The van der Waals surface area contributed by atoms with E-state index in [1.54, 1.807) is 12.1 Å². The lowest BCUT2D eigenvalue weighted by atomic mass is 10.1. The first-order valence-electron chi connectivity index (χ1n) is 8.42. The fraction of sp³-hybridized carbons (Fsp3) is 0.0952. The van der Waals surface area contributed by atoms with Crippen LogP contribution in [-0.2, 0) is 13.2 Å². The number of nitrogens with zero attached hydrogens (tertiary/aromatic N) is 1. The van der Waals surface area contributed by atoms with Gasteiger partial charge in [-0.1, -0.05) is 42.4 Å². The molecule has 0 radical (unpaired) electrons. The van der Waals surface area contributed by atoms with Crippen LogP contribution in [0.5, 0.6) is 5.75 Å². The van der Waals surface area contributed by atoms with Crippen molar-refractivity contribution in [1.29, 1.82) is 0 Å². The van der Waals surface area contributed by atoms with Gasteiger partial charge in [0.2, 0.25) is 0 Å². The Morgan fingerprint density at radius 2 is 1.81 bits per heavy atom. The number of hydrogen-bond donors (Lipinski definition) is 3. The Morgan fingerprint density at radius 1 is 1.04 bits per heavy atom. The van der Waals surface area contributed by atoms with Gasteiger partial charge in [0.15, 0.2) is 0 Å². The average molecular weight is 381 g/mol. The molecule has 0 saturated carbocycles. The Kier molecular flexibility index (Phi) is 5.84. The van der Waals surface area contributed by atoms with Gasteiger partial charge in [-0.15, -0.1) is 0 Å². The minimum absolute atomic E-state index is 0.359. The van der Waals surface area contributed by atoms with E-state index in [1.165, 1.54) is 0 Å². The summed E-state index contributed by atoms with van der Waals surface area (Å²) < 4.78 is 5.79. The van der Waals surface area contributed by atoms with Gasteiger partial charge in [0.05, 0.1) is 0 Å². The topological polar surface area (TPSA) is 86.2 Å². The average Bonchev–Trinajstić information content (AvgIpc) is 2.65. The highest BCUT2D eigenvalue weighted by Crippen LogP contribution is 2.19. The third-order valence-electron chi connectivity index (χ3n) is 4.00. The molecule has 3 rings (SSSR count). The highest BCUT2D eigenvalue weighted by molar-refractivity contribution is 6.30. The molecule has 0 amide bonds. The van der Waals surface area contributed by atoms with E-state index < -0.39 is 0 Å². The van der Waals surface area contributed by atoms with Crippen LogP contribution >= 0.6 is 11.6 Å². The molecule has 5 nitrogen and oxygen atoms in total. The van der Waals surface area contributed by atoms with Gasteiger partial charge in [-0.2, -0.15) is 0 Å². The van der Waals surface area contributed by atoms with E-state index in [0.717, 1.165) is 22.4 Å². The van der Waals surface area contributed by atoms with E-state index >= 15 is 0 Å². The summed E-state index contributed by atoms with van der Waals surface area (Å²) in [7, 11) is 0. The van der Waals surface area contributed by atoms with Crippen LogP contribution in [0, 0.1) is 0 Å². The van der Waals surface area contributed by atoms with Crippen LogP contribution in [0.2, 0.25) is 5.02 Å². The lowest BCUT2D eigenvalue weighted by Crippen LogP contribution is -2.13. The van der Waals surface area contributed by atoms with Crippen molar-refractivity contribution in [1.82, 2.24) is 10.3 Å². The van der Waals surface area contributed by atoms with Gasteiger partial charge in [-0.05, 0) is 47.5 Å². The molecular formula is C21H21ClN4O. The zero-order valence-electron chi connectivity index (χ0n) is 14.8. The Bertz CT molecular complexity index is 941. The molecule has 0 saturated heterocycles. The minimum Gasteiger partial charge on any atom is -0.489 e. The second-order valence-corrected chi connectivity index (χ2v) is 6.50. The number of nitrogens with two attached hydrogens (primary N) is 2. The summed E-state index contributed by atoms with van der Waals surface area (Å²) >= 11 is 5.98. The SMILES string of the molecule is C=C(NCc1ccc(OCc2cccc(Cl)c2)cc1)c1ccc(N)nc1N. The Hall–Kier alpha value is -3.18. The molecule has 0 unspecified atom stereocenters. The van der Waals surface area contributed by atoms with Crippen molar-refractivity contribution < 1.29 is 4.74 Å². The normalized spacial score (nSPS) is 10.4. The molecular weight excluding hydrogens is 360 g/mol. The maximum absolute atomic E-state index is 5.98. The minimum atomic E-state index is 0.359. The van der Waals surface area contributed by atoms with Crippen molar-refractivity contribution in [2.75, 3.05) is 11.5 Å². The molecule has 1 aromatic heterocycles. The number of nitrogens with one attached hydrogen (secondary N) is 1. The predicted molar refractivity (Wildman–Crippen MR) is 111 cm³/mol. The van der Waals surface area contributed by atoms with Crippen molar-refractivity contribution in [2.24, 2.45) is 0 Å². The van der Waals surface area contributed by atoms with Crippen molar-refractivity contribution in [3.63, 3.8) is 0 Å². The number of benzene rings is 2. The summed E-state index contributed by atoms with van der Waals surface area (Å²) in [4.78, 5) is 4.04. The quantitative estimate of drug-likeness (QED) is 0.570. The second-order valence-electron chi connectivity index (χ2n) is 6.06. The summed E-state index contributed by atoms with van der Waals surface area (Å²) in [5.41, 5.74) is 15.1. The van der Waals surface area contributed by atoms with Crippen LogP contribution < -0.4 is 21.5 Å². The summed E-state index contributed by atoms with van der Waals surface area (Å²) in [6.07, 6.45) is 0. The van der Waals surface area contributed by atoms with E-state index in [1.807, 2.05) is 48.5 Å². The smallest absolute Gasteiger partial charge is 0.135 e. The summed E-state index contributed by atoms with van der Waals surface area (Å²) in [6, 6.07) is 19.0. The van der Waals surface area contributed by atoms with Gasteiger partial charge in [0.1, 0.15) is 24.0 Å². The molecule has 3 aromatic rings. The van der Waals surface area contributed by atoms with Crippen LogP contribution in [-0.4, -0.2) is 4.98 Å². The highest BCUT2D eigenvalue weighted by atomic mass is 35.5. The first-order valence-corrected chi connectivity index (χ1v) is 8.80. The van der Waals surface area contributed by atoms with E-state index in [4.69, 9.17) is 27.8 Å². The Morgan fingerprint density at radius 3 is 2.52 bits per heavy atom. The first kappa shape index (κ1) is 18.6. The standard InChI is InChI=1S/C21H21ClN4O/c1-14(19-9-10-20(23)26-21(19)24)25-12-15-5-7-18(8-6-15)27-13-16-3-2-4-17(22)11-16/h2-11,25H,1,12-13H2,(H4,23,24,26). The molecule has 0 fully saturated rings. The van der Waals surface area contributed by atoms with Crippen molar-refractivity contribution >= 4 is 28.9 Å². The van der Waals surface area contributed by atoms with Crippen LogP contribution in [0.25, 0.3) is 5.70 Å². The number of nitrogen functional groups attached to an aromatic ring is 2. The third-order valence-corrected chi connectivity index (χ3v) is 4.23. The number of rotatable bonds is 7. The van der Waals surface area contributed by atoms with E-state index in [-0.39, 0.29) is 0 Å². The largest absolute Gasteiger partial charge is 0.489 e. The first-order chi connectivity index (χ1) is 13.0. The molecule has 0 aliphatic rings. The molecule has 0 aliphatic heterocycles. The zero-order chi connectivity index (χ0) is 19.2. The number of pyridine rings is 1. The van der Waals surface area contributed by atoms with Gasteiger partial charge in [0.25, 0.3) is 0 Å². The van der Waals surface area contributed by atoms with Gasteiger partial charge in [-0.25, -0.2) is 4.98 Å². The van der Waals surface area contributed by atoms with Gasteiger partial charge in [0, 0.05) is 22.8 Å². The lowest BCUT2D eigenvalue weighted by molar-refractivity contribution is 0.306. The number of ether oxygens (including phenoxy) is 1. The van der Waals surface area contributed by atoms with Crippen LogP contribution in [0.1, 0.15) is 16.7 Å². The maximum atomic E-state index is 5.98. The fourth-order valence-electron chi connectivity index (χ4n) is 2.55. The van der Waals surface area contributed by atoms with E-state index in [0.29, 0.717) is 35.5 Å². The van der Waals surface area contributed by atoms with E-state index in [9.17, 15) is 0 Å². The molecule has 0 atom stereocenters. The molecule has 5 N–H and O–H groups in total. The summed E-state index contributed by atoms with van der Waals surface area (Å²) in [5, 5.41) is 3.95. The van der Waals surface area contributed by atoms with Crippen LogP contribution in [0.3, 0.4) is 0 Å². The van der Waals surface area contributed by atoms with Gasteiger partial charge >= 0.3 is 0 Å². The number of anilines is 2. The maximum Gasteiger partial charge on any atom is 0.135 e. The Labute approximate surface area is 163 Å². The van der Waals surface area contributed by atoms with Gasteiger partial charge < -0.3 is 21.5 Å². The van der Waals surface area contributed by atoms with Crippen molar-refractivity contribution in [2.45, 2.75) is 13.2 Å². The third kappa shape index (κ3) is 5.15. The number of halogens is 1. The summed E-state index contributed by atoms with van der Waals surface area (Å²) in [6.45, 7) is 5.09. The molecule has 6 heteroatoms. The molecule has 0 spiro atoms. The molecule has 1 heterocycles.